The van der Waals surface area contributed by atoms with E-state index in [0.717, 1.165) is 4.47 Å². The van der Waals surface area contributed by atoms with Gasteiger partial charge in [0.25, 0.3) is 5.91 Å². The Labute approximate surface area is 135 Å². The van der Waals surface area contributed by atoms with E-state index < -0.39 is 5.97 Å². The second-order valence-electron chi connectivity index (χ2n) is 3.74. The third-order valence-electron chi connectivity index (χ3n) is 2.35. The molecule has 2 N–H and O–H groups in total. The van der Waals surface area contributed by atoms with Crippen molar-refractivity contribution in [3.05, 3.63) is 48.8 Å². The number of amides is 1. The fourth-order valence-electron chi connectivity index (χ4n) is 1.42. The smallest absolute Gasteiger partial charge is 0.355 e. The van der Waals surface area contributed by atoms with Crippen molar-refractivity contribution in [2.75, 3.05) is 0 Å². The first kappa shape index (κ1) is 15.1. The molecule has 1 heterocycles. The molecule has 0 bridgehead atoms. The molecule has 0 radical (unpaired) electrons. The average molecular weight is 420 g/mol. The number of carbonyl (C=O) groups is 2. The third kappa shape index (κ3) is 3.65. The van der Waals surface area contributed by atoms with Gasteiger partial charge in [-0.1, -0.05) is 15.9 Å². The molecular formula is C12H8Br2N2O3S. The number of hydrogen-bond acceptors (Lipinski definition) is 4. The van der Waals surface area contributed by atoms with Gasteiger partial charge < -0.3 is 10.4 Å². The average Bonchev–Trinajstić information content (AvgIpc) is 2.85. The molecule has 0 saturated heterocycles. The van der Waals surface area contributed by atoms with Crippen molar-refractivity contribution in [1.82, 2.24) is 10.3 Å². The van der Waals surface area contributed by atoms with Crippen molar-refractivity contribution in [2.24, 2.45) is 0 Å². The first-order chi connectivity index (χ1) is 9.47. The van der Waals surface area contributed by atoms with Gasteiger partial charge in [0.15, 0.2) is 5.69 Å². The highest BCUT2D eigenvalue weighted by Gasteiger charge is 2.12. The van der Waals surface area contributed by atoms with Crippen LogP contribution < -0.4 is 5.32 Å². The first-order valence-electron chi connectivity index (χ1n) is 5.38. The summed E-state index contributed by atoms with van der Waals surface area (Å²) in [6, 6.07) is 5.24. The van der Waals surface area contributed by atoms with Crippen LogP contribution in [0.25, 0.3) is 0 Å². The summed E-state index contributed by atoms with van der Waals surface area (Å²) in [6.07, 6.45) is 0. The number of carboxylic acids is 1. The lowest BCUT2D eigenvalue weighted by Gasteiger charge is -2.05. The highest BCUT2D eigenvalue weighted by Crippen LogP contribution is 2.22. The summed E-state index contributed by atoms with van der Waals surface area (Å²) in [5, 5.41) is 13.4. The van der Waals surface area contributed by atoms with Crippen LogP contribution in [-0.4, -0.2) is 22.0 Å². The van der Waals surface area contributed by atoms with Crippen LogP contribution in [0.1, 0.15) is 25.9 Å². The van der Waals surface area contributed by atoms with E-state index in [1.807, 2.05) is 0 Å². The van der Waals surface area contributed by atoms with Gasteiger partial charge in [-0.25, -0.2) is 9.78 Å². The Morgan fingerprint density at radius 1 is 1.35 bits per heavy atom. The van der Waals surface area contributed by atoms with Gasteiger partial charge in [-0.15, -0.1) is 11.3 Å². The molecule has 0 atom stereocenters. The highest BCUT2D eigenvalue weighted by atomic mass is 79.9. The van der Waals surface area contributed by atoms with E-state index in [-0.39, 0.29) is 18.1 Å². The molecule has 5 nitrogen and oxygen atoms in total. The van der Waals surface area contributed by atoms with Gasteiger partial charge in [0.1, 0.15) is 5.01 Å². The van der Waals surface area contributed by atoms with E-state index in [4.69, 9.17) is 5.11 Å². The molecule has 0 unspecified atom stereocenters. The van der Waals surface area contributed by atoms with E-state index in [0.29, 0.717) is 15.0 Å². The lowest BCUT2D eigenvalue weighted by molar-refractivity contribution is 0.0691. The largest absolute Gasteiger partial charge is 0.476 e. The number of thiazole rings is 1. The second kappa shape index (κ2) is 6.47. The van der Waals surface area contributed by atoms with E-state index in [9.17, 15) is 9.59 Å². The summed E-state index contributed by atoms with van der Waals surface area (Å²) >= 11 is 7.82. The van der Waals surface area contributed by atoms with Crippen LogP contribution >= 0.6 is 43.2 Å². The minimum absolute atomic E-state index is 0.0101. The van der Waals surface area contributed by atoms with Crippen molar-refractivity contribution in [1.29, 1.82) is 0 Å². The molecule has 0 aliphatic carbocycles. The molecule has 8 heteroatoms. The number of aromatic carboxylic acids is 1. The van der Waals surface area contributed by atoms with Gasteiger partial charge in [-0.05, 0) is 34.1 Å². The van der Waals surface area contributed by atoms with Crippen molar-refractivity contribution in [3.63, 3.8) is 0 Å². The zero-order chi connectivity index (χ0) is 14.7. The third-order valence-corrected chi connectivity index (χ3v) is 4.34. The minimum atomic E-state index is -1.07. The molecule has 0 aliphatic heterocycles. The van der Waals surface area contributed by atoms with Gasteiger partial charge in [0.05, 0.1) is 12.1 Å². The van der Waals surface area contributed by atoms with Crippen LogP contribution in [-0.2, 0) is 6.54 Å². The van der Waals surface area contributed by atoms with E-state index in [2.05, 4.69) is 42.2 Å². The topological polar surface area (TPSA) is 79.3 Å². The Hall–Kier alpha value is -1.25. The van der Waals surface area contributed by atoms with Crippen LogP contribution in [0.5, 0.6) is 0 Å². The van der Waals surface area contributed by atoms with Crippen molar-refractivity contribution < 1.29 is 14.7 Å². The number of carboxylic acid groups (broad SMARTS) is 1. The van der Waals surface area contributed by atoms with E-state index >= 15 is 0 Å². The molecule has 2 aromatic rings. The standard InChI is InChI=1S/C12H8Br2N2O3S/c13-6-1-2-7(8(14)3-6)11(17)15-4-10-16-9(5-20-10)12(18)19/h1-3,5H,4H2,(H,15,17)(H,18,19). The Kier molecular flexibility index (Phi) is 4.90. The summed E-state index contributed by atoms with van der Waals surface area (Å²) in [5.41, 5.74) is 0.493. The molecule has 0 spiro atoms. The number of hydrogen-bond donors (Lipinski definition) is 2. The maximum Gasteiger partial charge on any atom is 0.355 e. The van der Waals surface area contributed by atoms with Crippen LogP contribution in [0.4, 0.5) is 0 Å². The first-order valence-corrected chi connectivity index (χ1v) is 7.85. The maximum atomic E-state index is 12.0. The van der Waals surface area contributed by atoms with E-state index in [1.54, 1.807) is 18.2 Å². The van der Waals surface area contributed by atoms with Crippen molar-refractivity contribution in [2.45, 2.75) is 6.54 Å². The summed E-state index contributed by atoms with van der Waals surface area (Å²) in [5.74, 6) is -1.33. The maximum absolute atomic E-state index is 12.0. The molecule has 1 amide bonds. The summed E-state index contributed by atoms with van der Waals surface area (Å²) in [7, 11) is 0. The number of rotatable bonds is 4. The molecule has 0 saturated carbocycles. The van der Waals surface area contributed by atoms with Gasteiger partial charge in [-0.3, -0.25) is 4.79 Å². The number of nitrogens with one attached hydrogen (secondary N) is 1. The highest BCUT2D eigenvalue weighted by molar-refractivity contribution is 9.11. The van der Waals surface area contributed by atoms with Crippen LogP contribution in [0.2, 0.25) is 0 Å². The Morgan fingerprint density at radius 2 is 2.10 bits per heavy atom. The minimum Gasteiger partial charge on any atom is -0.476 e. The predicted molar refractivity (Wildman–Crippen MR) is 82.1 cm³/mol. The molecule has 1 aromatic carbocycles. The quantitative estimate of drug-likeness (QED) is 0.796. The molecule has 1 aromatic heterocycles. The Morgan fingerprint density at radius 3 is 2.70 bits per heavy atom. The Bertz CT molecular complexity index is 672. The predicted octanol–water partition coefficient (Wildman–Crippen LogP) is 3.30. The van der Waals surface area contributed by atoms with Crippen LogP contribution in [0.15, 0.2) is 32.5 Å². The molecule has 0 fully saturated rings. The van der Waals surface area contributed by atoms with Gasteiger partial charge in [0, 0.05) is 14.3 Å². The second-order valence-corrected chi connectivity index (χ2v) is 6.45. The lowest BCUT2D eigenvalue weighted by Crippen LogP contribution is -2.23. The van der Waals surface area contributed by atoms with E-state index in [1.165, 1.54) is 16.7 Å². The normalized spacial score (nSPS) is 10.3. The summed E-state index contributed by atoms with van der Waals surface area (Å²) in [4.78, 5) is 26.6. The zero-order valence-electron chi connectivity index (χ0n) is 9.89. The zero-order valence-corrected chi connectivity index (χ0v) is 13.9. The van der Waals surface area contributed by atoms with Crippen molar-refractivity contribution >= 4 is 55.1 Å². The van der Waals surface area contributed by atoms with Crippen LogP contribution in [0, 0.1) is 0 Å². The van der Waals surface area contributed by atoms with Gasteiger partial charge in [0.2, 0.25) is 0 Å². The lowest BCUT2D eigenvalue weighted by atomic mass is 10.2. The number of nitrogens with zero attached hydrogens (tertiary/aromatic N) is 1. The monoisotopic (exact) mass is 418 g/mol. The summed E-state index contributed by atoms with van der Waals surface area (Å²) < 4.78 is 1.54. The number of carbonyl (C=O) groups excluding carboxylic acids is 1. The number of halogens is 2. The van der Waals surface area contributed by atoms with Crippen molar-refractivity contribution in [3.8, 4) is 0 Å². The number of aromatic nitrogens is 1. The van der Waals surface area contributed by atoms with Crippen LogP contribution in [0.3, 0.4) is 0 Å². The van der Waals surface area contributed by atoms with Gasteiger partial charge >= 0.3 is 5.97 Å². The molecule has 0 aliphatic rings. The Balaban J connectivity index is 2.02. The van der Waals surface area contributed by atoms with Gasteiger partial charge in [-0.2, -0.15) is 0 Å². The SMILES string of the molecule is O=C(O)c1csc(CNC(=O)c2ccc(Br)cc2Br)n1. The molecular weight excluding hydrogens is 412 g/mol. The molecule has 2 rings (SSSR count). The number of benzene rings is 1. The fourth-order valence-corrected chi connectivity index (χ4v) is 3.35. The molecule has 20 heavy (non-hydrogen) atoms. The molecule has 104 valence electrons. The summed E-state index contributed by atoms with van der Waals surface area (Å²) in [6.45, 7) is 0.194. The fraction of sp³-hybridized carbons (Fsp3) is 0.0833.